The molecule has 0 N–H and O–H groups in total. The molecule has 0 heterocycles. The fourth-order valence-electron chi connectivity index (χ4n) is 1.69. The van der Waals surface area contributed by atoms with E-state index in [-0.39, 0.29) is 11.8 Å². The van der Waals surface area contributed by atoms with Crippen LogP contribution in [0, 0.1) is 24.2 Å². The number of benzene rings is 1. The van der Waals surface area contributed by atoms with Gasteiger partial charge in [-0.1, -0.05) is 17.7 Å². The molecule has 0 aliphatic rings. The fraction of sp³-hybridized carbons (Fsp3) is 0.429. The Kier molecular flexibility index (Phi) is 5.18. The third-order valence-corrected chi connectivity index (χ3v) is 3.05. The molecule has 0 aliphatic carbocycles. The van der Waals surface area contributed by atoms with Gasteiger partial charge in [0.1, 0.15) is 0 Å². The highest BCUT2D eigenvalue weighted by atomic mass is 35.5. The van der Waals surface area contributed by atoms with Crippen LogP contribution in [0.4, 0.5) is 0 Å². The first-order valence-electron chi connectivity index (χ1n) is 5.94. The maximum atomic E-state index is 12.3. The van der Waals surface area contributed by atoms with E-state index in [2.05, 4.69) is 6.07 Å². The minimum Gasteiger partial charge on any atom is -0.338 e. The minimum atomic E-state index is -0.182. The van der Waals surface area contributed by atoms with Crippen LogP contribution in [0.2, 0.25) is 5.02 Å². The van der Waals surface area contributed by atoms with Gasteiger partial charge in [0, 0.05) is 13.1 Å². The quantitative estimate of drug-likeness (QED) is 0.838. The summed E-state index contributed by atoms with van der Waals surface area (Å²) in [5.41, 5.74) is 1.51. The van der Waals surface area contributed by atoms with Crippen molar-refractivity contribution in [3.63, 3.8) is 0 Å². The summed E-state index contributed by atoms with van der Waals surface area (Å²) < 4.78 is 0. The monoisotopic (exact) mass is 264 g/mol. The fourth-order valence-corrected chi connectivity index (χ4v) is 2.01. The molecule has 3 nitrogen and oxygen atoms in total. The van der Waals surface area contributed by atoms with Gasteiger partial charge in [0.05, 0.1) is 22.6 Å². The van der Waals surface area contributed by atoms with Gasteiger partial charge in [-0.25, -0.2) is 0 Å². The second-order valence-corrected chi connectivity index (χ2v) is 4.76. The number of carbonyl (C=O) groups is 1. The molecular weight excluding hydrogens is 248 g/mol. The van der Waals surface area contributed by atoms with Gasteiger partial charge in [0.15, 0.2) is 0 Å². The Morgan fingerprint density at radius 3 is 2.72 bits per heavy atom. The van der Waals surface area contributed by atoms with Crippen LogP contribution in [0.1, 0.15) is 29.8 Å². The lowest BCUT2D eigenvalue weighted by atomic mass is 10.1. The van der Waals surface area contributed by atoms with Gasteiger partial charge in [-0.3, -0.25) is 4.79 Å². The molecule has 0 aromatic heterocycles. The molecule has 1 unspecified atom stereocenters. The standard InChI is InChI=1S/C14H17ClN2O/c1-4-17(9-11(3)8-16)14(18)12-6-5-10(2)7-13(12)15/h5-7,11H,4,9H2,1-3H3. The summed E-state index contributed by atoms with van der Waals surface area (Å²) in [7, 11) is 0. The third kappa shape index (κ3) is 3.48. The summed E-state index contributed by atoms with van der Waals surface area (Å²) in [6, 6.07) is 7.50. The highest BCUT2D eigenvalue weighted by molar-refractivity contribution is 6.33. The second-order valence-electron chi connectivity index (χ2n) is 4.36. The van der Waals surface area contributed by atoms with Crippen molar-refractivity contribution < 1.29 is 4.79 Å². The topological polar surface area (TPSA) is 44.1 Å². The maximum absolute atomic E-state index is 12.3. The summed E-state index contributed by atoms with van der Waals surface area (Å²) in [6.07, 6.45) is 0. The molecule has 1 aromatic carbocycles. The average Bonchev–Trinajstić information content (AvgIpc) is 2.34. The Hall–Kier alpha value is -1.53. The van der Waals surface area contributed by atoms with E-state index in [0.29, 0.717) is 23.7 Å². The molecule has 0 aliphatic heterocycles. The van der Waals surface area contributed by atoms with Crippen LogP contribution in [0.5, 0.6) is 0 Å². The molecular formula is C14H17ClN2O. The van der Waals surface area contributed by atoms with Crippen LogP contribution < -0.4 is 0 Å². The van der Waals surface area contributed by atoms with Crippen LogP contribution in [0.3, 0.4) is 0 Å². The predicted molar refractivity (Wildman–Crippen MR) is 72.5 cm³/mol. The first-order valence-corrected chi connectivity index (χ1v) is 6.32. The Labute approximate surface area is 113 Å². The summed E-state index contributed by atoms with van der Waals surface area (Å²) >= 11 is 6.08. The SMILES string of the molecule is CCN(CC(C)C#N)C(=O)c1ccc(C)cc1Cl. The van der Waals surface area contributed by atoms with Crippen LogP contribution in [-0.2, 0) is 0 Å². The van der Waals surface area contributed by atoms with Crippen LogP contribution >= 0.6 is 11.6 Å². The molecule has 0 saturated heterocycles. The summed E-state index contributed by atoms with van der Waals surface area (Å²) in [4.78, 5) is 13.9. The predicted octanol–water partition coefficient (Wildman–Crippen LogP) is 3.27. The average molecular weight is 265 g/mol. The molecule has 0 fully saturated rings. The number of rotatable bonds is 4. The highest BCUT2D eigenvalue weighted by Crippen LogP contribution is 2.19. The van der Waals surface area contributed by atoms with Crippen molar-refractivity contribution in [3.05, 3.63) is 34.3 Å². The lowest BCUT2D eigenvalue weighted by molar-refractivity contribution is 0.0753. The lowest BCUT2D eigenvalue weighted by Crippen LogP contribution is -2.34. The Morgan fingerprint density at radius 2 is 2.22 bits per heavy atom. The van der Waals surface area contributed by atoms with Crippen LogP contribution in [0.25, 0.3) is 0 Å². The molecule has 1 rings (SSSR count). The van der Waals surface area contributed by atoms with E-state index in [9.17, 15) is 4.79 Å². The number of carbonyl (C=O) groups excluding carboxylic acids is 1. The molecule has 1 amide bonds. The first-order chi connectivity index (χ1) is 8.49. The van der Waals surface area contributed by atoms with E-state index in [4.69, 9.17) is 16.9 Å². The van der Waals surface area contributed by atoms with E-state index in [0.717, 1.165) is 5.56 Å². The van der Waals surface area contributed by atoms with Crippen molar-refractivity contribution in [1.82, 2.24) is 4.90 Å². The van der Waals surface area contributed by atoms with Gasteiger partial charge in [0.25, 0.3) is 5.91 Å². The van der Waals surface area contributed by atoms with Gasteiger partial charge >= 0.3 is 0 Å². The number of hydrogen-bond acceptors (Lipinski definition) is 2. The van der Waals surface area contributed by atoms with Crippen molar-refractivity contribution in [1.29, 1.82) is 5.26 Å². The zero-order valence-corrected chi connectivity index (χ0v) is 11.7. The molecule has 96 valence electrons. The number of hydrogen-bond donors (Lipinski definition) is 0. The summed E-state index contributed by atoms with van der Waals surface area (Å²) in [5, 5.41) is 9.27. The van der Waals surface area contributed by atoms with Crippen molar-refractivity contribution in [2.45, 2.75) is 20.8 Å². The molecule has 0 bridgehead atoms. The maximum Gasteiger partial charge on any atom is 0.255 e. The largest absolute Gasteiger partial charge is 0.338 e. The third-order valence-electron chi connectivity index (χ3n) is 2.74. The van der Waals surface area contributed by atoms with E-state index < -0.39 is 0 Å². The second kappa shape index (κ2) is 6.42. The molecule has 0 spiro atoms. The van der Waals surface area contributed by atoms with Crippen molar-refractivity contribution in [3.8, 4) is 6.07 Å². The van der Waals surface area contributed by atoms with E-state index >= 15 is 0 Å². The van der Waals surface area contributed by atoms with Gasteiger partial charge in [-0.2, -0.15) is 5.26 Å². The Bertz CT molecular complexity index is 479. The number of nitrogens with zero attached hydrogens (tertiary/aromatic N) is 2. The molecule has 18 heavy (non-hydrogen) atoms. The Morgan fingerprint density at radius 1 is 1.56 bits per heavy atom. The zero-order valence-electron chi connectivity index (χ0n) is 10.9. The number of halogens is 1. The molecule has 4 heteroatoms. The lowest BCUT2D eigenvalue weighted by Gasteiger charge is -2.22. The van der Waals surface area contributed by atoms with E-state index in [1.807, 2.05) is 19.9 Å². The van der Waals surface area contributed by atoms with Crippen LogP contribution in [0.15, 0.2) is 18.2 Å². The van der Waals surface area contributed by atoms with Crippen molar-refractivity contribution >= 4 is 17.5 Å². The summed E-state index contributed by atoms with van der Waals surface area (Å²) in [5.74, 6) is -0.303. The van der Waals surface area contributed by atoms with Gasteiger partial charge in [0.2, 0.25) is 0 Å². The van der Waals surface area contributed by atoms with E-state index in [1.165, 1.54) is 0 Å². The first kappa shape index (κ1) is 14.5. The smallest absolute Gasteiger partial charge is 0.255 e. The van der Waals surface area contributed by atoms with Gasteiger partial charge in [-0.15, -0.1) is 0 Å². The van der Waals surface area contributed by atoms with Crippen LogP contribution in [-0.4, -0.2) is 23.9 Å². The highest BCUT2D eigenvalue weighted by Gasteiger charge is 2.18. The molecule has 0 saturated carbocycles. The van der Waals surface area contributed by atoms with E-state index in [1.54, 1.807) is 24.0 Å². The molecule has 1 aromatic rings. The number of nitriles is 1. The van der Waals surface area contributed by atoms with Gasteiger partial charge in [-0.05, 0) is 38.5 Å². The van der Waals surface area contributed by atoms with Gasteiger partial charge < -0.3 is 4.90 Å². The number of amides is 1. The molecule has 1 atom stereocenters. The van der Waals surface area contributed by atoms with Crippen molar-refractivity contribution in [2.24, 2.45) is 5.92 Å². The Balaban J connectivity index is 2.94. The zero-order chi connectivity index (χ0) is 13.7. The normalized spacial score (nSPS) is 11.7. The number of aryl methyl sites for hydroxylation is 1. The van der Waals surface area contributed by atoms with Crippen molar-refractivity contribution in [2.75, 3.05) is 13.1 Å². The summed E-state index contributed by atoms with van der Waals surface area (Å²) in [6.45, 7) is 6.61. The molecule has 0 radical (unpaired) electrons. The minimum absolute atomic E-state index is 0.121.